The summed E-state index contributed by atoms with van der Waals surface area (Å²) in [7, 11) is 1.69. The van der Waals surface area contributed by atoms with E-state index in [-0.39, 0.29) is 24.3 Å². The summed E-state index contributed by atoms with van der Waals surface area (Å²) in [6.45, 7) is 9.55. The predicted octanol–water partition coefficient (Wildman–Crippen LogP) is 5.96. The fraction of sp³-hybridized carbons (Fsp3) is 0.370. The number of amides is 2. The van der Waals surface area contributed by atoms with Crippen LogP contribution >= 0.6 is 15.9 Å². The van der Waals surface area contributed by atoms with Crippen molar-refractivity contribution >= 4 is 39.7 Å². The number of allylic oxidation sites excluding steroid dienone is 4. The molecule has 8 heteroatoms. The number of hydrogen-bond acceptors (Lipinski definition) is 5. The van der Waals surface area contributed by atoms with Crippen LogP contribution in [-0.2, 0) is 11.2 Å². The van der Waals surface area contributed by atoms with Gasteiger partial charge in [0, 0.05) is 31.4 Å². The van der Waals surface area contributed by atoms with Gasteiger partial charge in [0.2, 0.25) is 0 Å². The van der Waals surface area contributed by atoms with E-state index in [1.165, 1.54) is 0 Å². The Labute approximate surface area is 215 Å². The van der Waals surface area contributed by atoms with Gasteiger partial charge in [-0.05, 0) is 68.6 Å². The summed E-state index contributed by atoms with van der Waals surface area (Å²) in [5.74, 6) is 0.302. The number of aliphatic imine (C=N–C) groups is 1. The molecule has 0 spiro atoms. The maximum absolute atomic E-state index is 13.1. The number of alkyl carbamates (subject to hydrolysis) is 1. The third-order valence-corrected chi connectivity index (χ3v) is 5.16. The minimum atomic E-state index is -0.613. The lowest BCUT2D eigenvalue weighted by molar-refractivity contribution is 0.0519. The maximum atomic E-state index is 13.1. The van der Waals surface area contributed by atoms with E-state index in [4.69, 9.17) is 9.15 Å². The van der Waals surface area contributed by atoms with Gasteiger partial charge in [0.25, 0.3) is 5.91 Å². The lowest BCUT2D eigenvalue weighted by atomic mass is 10.1. The quantitative estimate of drug-likeness (QED) is 0.301. The Hall–Kier alpha value is -3.13. The van der Waals surface area contributed by atoms with Gasteiger partial charge < -0.3 is 19.8 Å². The van der Waals surface area contributed by atoms with Crippen LogP contribution in [0, 0.1) is 0 Å². The van der Waals surface area contributed by atoms with Gasteiger partial charge in [0.05, 0.1) is 10.5 Å². The second kappa shape index (κ2) is 13.1. The molecular weight excluding hydrogens is 510 g/mol. The molecule has 0 fully saturated rings. The van der Waals surface area contributed by atoms with E-state index >= 15 is 0 Å². The molecule has 0 radical (unpaired) electrons. The molecule has 1 atom stereocenters. The van der Waals surface area contributed by atoms with Crippen molar-refractivity contribution in [1.29, 1.82) is 0 Å². The number of hydrogen-bond donors (Lipinski definition) is 2. The van der Waals surface area contributed by atoms with Gasteiger partial charge in [-0.15, -0.1) is 0 Å². The smallest absolute Gasteiger partial charge is 0.407 e. The molecule has 35 heavy (non-hydrogen) atoms. The third-order valence-electron chi connectivity index (χ3n) is 4.57. The van der Waals surface area contributed by atoms with Crippen LogP contribution in [0.4, 0.5) is 4.79 Å². The predicted molar refractivity (Wildman–Crippen MR) is 144 cm³/mol. The van der Waals surface area contributed by atoms with E-state index in [1.54, 1.807) is 40.1 Å². The van der Waals surface area contributed by atoms with Gasteiger partial charge in [-0.1, -0.05) is 42.0 Å². The van der Waals surface area contributed by atoms with Gasteiger partial charge in [0.15, 0.2) is 5.76 Å². The second-order valence-corrected chi connectivity index (χ2v) is 10.1. The molecule has 7 nitrogen and oxygen atoms in total. The molecule has 1 unspecified atom stereocenters. The number of nitrogens with one attached hydrogen (secondary N) is 2. The largest absolute Gasteiger partial charge is 0.450 e. The zero-order valence-electron chi connectivity index (χ0n) is 21.1. The monoisotopic (exact) mass is 543 g/mol. The molecule has 0 bridgehead atoms. The van der Waals surface area contributed by atoms with E-state index in [9.17, 15) is 9.59 Å². The molecule has 1 heterocycles. The summed E-state index contributed by atoms with van der Waals surface area (Å²) in [6, 6.07) is 11.0. The van der Waals surface area contributed by atoms with Crippen LogP contribution in [0.15, 0.2) is 68.0 Å². The Bertz CT molecular complexity index is 1090. The number of carbonyl (C=O) groups is 2. The van der Waals surface area contributed by atoms with Crippen LogP contribution in [0.5, 0.6) is 0 Å². The number of benzene rings is 1. The average molecular weight is 544 g/mol. The number of ether oxygens (including phenoxy) is 1. The van der Waals surface area contributed by atoms with Crippen molar-refractivity contribution in [3.63, 3.8) is 0 Å². The van der Waals surface area contributed by atoms with E-state index < -0.39 is 11.7 Å². The van der Waals surface area contributed by atoms with E-state index in [1.807, 2.05) is 56.3 Å². The van der Waals surface area contributed by atoms with Crippen LogP contribution in [0.2, 0.25) is 0 Å². The second-order valence-electron chi connectivity index (χ2n) is 9.28. The van der Waals surface area contributed by atoms with E-state index in [0.29, 0.717) is 16.7 Å². The molecular formula is C27H34BrN3O4. The minimum Gasteiger partial charge on any atom is -0.450 e. The highest BCUT2D eigenvalue weighted by atomic mass is 79.9. The highest BCUT2D eigenvalue weighted by Gasteiger charge is 2.22. The Balaban J connectivity index is 2.22. The minimum absolute atomic E-state index is 0.156. The molecule has 0 aliphatic carbocycles. The van der Waals surface area contributed by atoms with Gasteiger partial charge in [-0.25, -0.2) is 4.79 Å². The summed E-state index contributed by atoms with van der Waals surface area (Å²) in [4.78, 5) is 29.3. The zero-order chi connectivity index (χ0) is 26.0. The van der Waals surface area contributed by atoms with Gasteiger partial charge >= 0.3 is 6.09 Å². The van der Waals surface area contributed by atoms with Crippen molar-refractivity contribution in [2.75, 3.05) is 13.6 Å². The normalized spacial score (nSPS) is 12.8. The summed E-state index contributed by atoms with van der Waals surface area (Å²) in [5.41, 5.74) is 2.27. The molecule has 2 N–H and O–H groups in total. The molecule has 2 amide bonds. The average Bonchev–Trinajstić information content (AvgIpc) is 3.16. The molecule has 2 rings (SSSR count). The topological polar surface area (TPSA) is 92.9 Å². The van der Waals surface area contributed by atoms with Crippen molar-refractivity contribution in [3.05, 3.63) is 75.7 Å². The van der Waals surface area contributed by atoms with Crippen LogP contribution < -0.4 is 10.6 Å². The molecule has 188 valence electrons. The first kappa shape index (κ1) is 28.1. The number of carbonyl (C=O) groups excluding carboxylic acids is 2. The highest BCUT2D eigenvalue weighted by Crippen LogP contribution is 2.29. The first-order chi connectivity index (χ1) is 16.5. The Morgan fingerprint density at radius 3 is 2.49 bits per heavy atom. The number of halogens is 1. The standard InChI is InChI=1S/C27H34BrN3O4/c1-18(2)14-20(12-13-29-6)24-22(28)16-23(34-24)25(32)31-21(15-19-10-8-7-9-11-19)17-30-26(33)35-27(3,4)5/h7-14,16,21H,15,17H2,1-6H3,(H,30,33)(H,31,32)/b20-12+,29-13?. The first-order valence-corrected chi connectivity index (χ1v) is 12.2. The Kier molecular flexibility index (Phi) is 10.5. The van der Waals surface area contributed by atoms with Crippen LogP contribution in [0.25, 0.3) is 5.57 Å². The van der Waals surface area contributed by atoms with Crippen molar-refractivity contribution in [3.8, 4) is 0 Å². The lowest BCUT2D eigenvalue weighted by Crippen LogP contribution is -2.46. The van der Waals surface area contributed by atoms with Crippen molar-refractivity contribution in [2.45, 2.75) is 52.7 Å². The molecule has 0 saturated heterocycles. The van der Waals surface area contributed by atoms with E-state index in [2.05, 4.69) is 31.6 Å². The molecule has 2 aromatic rings. The number of rotatable bonds is 9. The molecule has 1 aromatic carbocycles. The number of furan rings is 1. The van der Waals surface area contributed by atoms with Crippen LogP contribution in [0.1, 0.15) is 56.5 Å². The molecule has 0 aliphatic rings. The summed E-state index contributed by atoms with van der Waals surface area (Å²) in [6.07, 6.45) is 5.42. The highest BCUT2D eigenvalue weighted by molar-refractivity contribution is 9.10. The summed E-state index contributed by atoms with van der Waals surface area (Å²) in [5, 5.41) is 5.73. The SMILES string of the molecule is CN=C/C=C(\C=C(C)C)c1oc(C(=O)NC(CNC(=O)OC(C)(C)C)Cc2ccccc2)cc1Br. The van der Waals surface area contributed by atoms with E-state index in [0.717, 1.165) is 16.7 Å². The Morgan fingerprint density at radius 1 is 1.20 bits per heavy atom. The molecule has 0 aliphatic heterocycles. The van der Waals surface area contributed by atoms with Gasteiger partial charge in [-0.3, -0.25) is 9.79 Å². The molecule has 1 aromatic heterocycles. The van der Waals surface area contributed by atoms with Crippen LogP contribution in [-0.4, -0.2) is 43.5 Å². The van der Waals surface area contributed by atoms with Crippen LogP contribution in [0.3, 0.4) is 0 Å². The zero-order valence-corrected chi connectivity index (χ0v) is 22.7. The summed E-state index contributed by atoms with van der Waals surface area (Å²) < 4.78 is 11.9. The van der Waals surface area contributed by atoms with Crippen molar-refractivity contribution in [1.82, 2.24) is 10.6 Å². The Morgan fingerprint density at radius 2 is 1.89 bits per heavy atom. The van der Waals surface area contributed by atoms with Gasteiger partial charge in [0.1, 0.15) is 11.4 Å². The number of nitrogens with zero attached hydrogens (tertiary/aromatic N) is 1. The van der Waals surface area contributed by atoms with Crippen molar-refractivity contribution < 1.29 is 18.7 Å². The first-order valence-electron chi connectivity index (χ1n) is 11.4. The van der Waals surface area contributed by atoms with Crippen molar-refractivity contribution in [2.24, 2.45) is 4.99 Å². The fourth-order valence-electron chi connectivity index (χ4n) is 3.18. The summed E-state index contributed by atoms with van der Waals surface area (Å²) >= 11 is 3.50. The molecule has 0 saturated carbocycles. The van der Waals surface area contributed by atoms with Gasteiger partial charge in [-0.2, -0.15) is 0 Å². The lowest BCUT2D eigenvalue weighted by Gasteiger charge is -2.22. The fourth-order valence-corrected chi connectivity index (χ4v) is 3.70. The maximum Gasteiger partial charge on any atom is 0.407 e. The third kappa shape index (κ3) is 9.94.